The van der Waals surface area contributed by atoms with Gasteiger partial charge in [-0.3, -0.25) is 9.69 Å². The fourth-order valence-corrected chi connectivity index (χ4v) is 9.10. The molecule has 0 saturated carbocycles. The van der Waals surface area contributed by atoms with Crippen LogP contribution in [0.2, 0.25) is 0 Å². The Morgan fingerprint density at radius 1 is 0.957 bits per heavy atom. The summed E-state index contributed by atoms with van der Waals surface area (Å²) in [6.07, 6.45) is 6.60. The number of carbonyl (C=O) groups is 1. The lowest BCUT2D eigenvalue weighted by Crippen LogP contribution is -2.49. The van der Waals surface area contributed by atoms with Crippen molar-refractivity contribution < 1.29 is 22.0 Å². The molecule has 4 aromatic rings. The van der Waals surface area contributed by atoms with E-state index in [1.807, 2.05) is 12.1 Å². The molecule has 3 aliphatic rings. The van der Waals surface area contributed by atoms with E-state index in [2.05, 4.69) is 34.6 Å². The number of aryl methyl sites for hydroxylation is 1. The normalized spacial score (nSPS) is 23.2. The zero-order valence-corrected chi connectivity index (χ0v) is 26.7. The van der Waals surface area contributed by atoms with Crippen LogP contribution >= 0.6 is 0 Å². The quantitative estimate of drug-likeness (QED) is 0.277. The summed E-state index contributed by atoms with van der Waals surface area (Å²) in [5.41, 5.74) is 2.94. The first kappa shape index (κ1) is 31.0. The summed E-state index contributed by atoms with van der Waals surface area (Å²) in [6, 6.07) is 19.8. The van der Waals surface area contributed by atoms with E-state index in [4.69, 9.17) is 10.1 Å². The maximum Gasteiger partial charge on any atom is 0.253 e. The van der Waals surface area contributed by atoms with Gasteiger partial charge in [-0.1, -0.05) is 24.3 Å². The van der Waals surface area contributed by atoms with Gasteiger partial charge in [-0.2, -0.15) is 0 Å². The largest absolute Gasteiger partial charge is 0.339 e. The molecule has 2 bridgehead atoms. The summed E-state index contributed by atoms with van der Waals surface area (Å²) in [5, 5.41) is 5.17. The maximum atomic E-state index is 14.6. The molecule has 11 heteroatoms. The van der Waals surface area contributed by atoms with E-state index in [0.717, 1.165) is 54.8 Å². The topological polar surface area (TPSA) is 102 Å². The van der Waals surface area contributed by atoms with Crippen LogP contribution in [-0.4, -0.2) is 65.4 Å². The highest BCUT2D eigenvalue weighted by Gasteiger charge is 2.44. The number of nitrogens with two attached hydrogens (primary N) is 1. The number of likely N-dealkylation sites (tertiary alicyclic amines) is 1. The van der Waals surface area contributed by atoms with Crippen LogP contribution in [0.25, 0.3) is 11.0 Å². The summed E-state index contributed by atoms with van der Waals surface area (Å²) in [7, 11) is -4.32. The van der Waals surface area contributed by atoms with E-state index in [-0.39, 0.29) is 22.7 Å². The van der Waals surface area contributed by atoms with Crippen LogP contribution < -0.4 is 5.14 Å². The first-order chi connectivity index (χ1) is 22.0. The second-order valence-corrected chi connectivity index (χ2v) is 14.8. The van der Waals surface area contributed by atoms with Crippen molar-refractivity contribution in [1.82, 2.24) is 19.4 Å². The fourth-order valence-electron chi connectivity index (χ4n) is 8.47. The van der Waals surface area contributed by atoms with Crippen molar-refractivity contribution in [3.8, 4) is 0 Å². The van der Waals surface area contributed by atoms with Crippen LogP contribution in [0, 0.1) is 18.6 Å². The Kier molecular flexibility index (Phi) is 7.97. The number of fused-ring (bicyclic) bond motifs is 3. The second-order valence-electron chi connectivity index (χ2n) is 13.3. The highest BCUT2D eigenvalue weighted by molar-refractivity contribution is 7.89. The maximum absolute atomic E-state index is 14.6. The van der Waals surface area contributed by atoms with Crippen molar-refractivity contribution in [2.75, 3.05) is 19.6 Å². The van der Waals surface area contributed by atoms with Crippen molar-refractivity contribution >= 4 is 27.0 Å². The Bertz CT molecular complexity index is 1890. The number of nitrogens with zero attached hydrogens (tertiary/aromatic N) is 4. The van der Waals surface area contributed by atoms with Crippen LogP contribution in [0.5, 0.6) is 0 Å². The number of benzene rings is 3. The lowest BCUT2D eigenvalue weighted by atomic mass is 9.70. The molecule has 2 N–H and O–H groups in total. The van der Waals surface area contributed by atoms with Gasteiger partial charge >= 0.3 is 0 Å². The molecule has 0 radical (unpaired) electrons. The van der Waals surface area contributed by atoms with Gasteiger partial charge in [0.1, 0.15) is 22.4 Å². The Morgan fingerprint density at radius 3 is 2.37 bits per heavy atom. The number of primary sulfonamides is 1. The number of hydrogen-bond acceptors (Lipinski definition) is 5. The van der Waals surface area contributed by atoms with Gasteiger partial charge in [-0.15, -0.1) is 0 Å². The Balaban J connectivity index is 1.08. The lowest BCUT2D eigenvalue weighted by Gasteiger charge is -2.45. The van der Waals surface area contributed by atoms with Crippen molar-refractivity contribution in [3.63, 3.8) is 0 Å². The number of hydrogen-bond donors (Lipinski definition) is 1. The molecule has 8 nitrogen and oxygen atoms in total. The Hall–Kier alpha value is -3.67. The standard InChI is InChI=1S/C35H39F2N5O3S/c1-23-39-31-7-2-3-8-32(31)42(23)29-21-27-10-11-28(22-29)41(27)18-15-35(25-5-4-6-26(36)20-25)13-16-40(17-14-35)34(43)24-9-12-30(37)33(19-24)46(38,44)45/h2-9,12,19-20,27-29H,10-11,13-18,21-22H2,1H3,(H2,38,44,45)/t27-,28+,29+. The lowest BCUT2D eigenvalue weighted by molar-refractivity contribution is 0.0606. The van der Waals surface area contributed by atoms with E-state index in [1.54, 1.807) is 17.0 Å². The molecule has 0 spiro atoms. The summed E-state index contributed by atoms with van der Waals surface area (Å²) in [4.78, 5) is 21.9. The van der Waals surface area contributed by atoms with E-state index in [1.165, 1.54) is 30.5 Å². The number of piperidine rings is 2. The Morgan fingerprint density at radius 2 is 1.67 bits per heavy atom. The first-order valence-corrected chi connectivity index (χ1v) is 17.6. The molecule has 3 aliphatic heterocycles. The smallest absolute Gasteiger partial charge is 0.253 e. The zero-order valence-electron chi connectivity index (χ0n) is 25.9. The summed E-state index contributed by atoms with van der Waals surface area (Å²) in [5.74, 6) is -0.581. The molecular formula is C35H39F2N5O3S. The van der Waals surface area contributed by atoms with E-state index in [9.17, 15) is 22.0 Å². The van der Waals surface area contributed by atoms with Gasteiger partial charge < -0.3 is 9.47 Å². The number of sulfonamides is 1. The number of carbonyl (C=O) groups excluding carboxylic acids is 1. The molecule has 3 atom stereocenters. The monoisotopic (exact) mass is 647 g/mol. The minimum atomic E-state index is -4.32. The minimum Gasteiger partial charge on any atom is -0.339 e. The van der Waals surface area contributed by atoms with Gasteiger partial charge in [0.15, 0.2) is 0 Å². The molecule has 4 heterocycles. The van der Waals surface area contributed by atoms with Crippen LogP contribution in [-0.2, 0) is 15.4 Å². The predicted molar refractivity (Wildman–Crippen MR) is 172 cm³/mol. The molecule has 3 fully saturated rings. The molecular weight excluding hydrogens is 608 g/mol. The molecule has 0 aliphatic carbocycles. The molecule has 3 aromatic carbocycles. The van der Waals surface area contributed by atoms with Gasteiger partial charge in [0.25, 0.3) is 5.91 Å². The van der Waals surface area contributed by atoms with Crippen LogP contribution in [0.4, 0.5) is 8.78 Å². The average Bonchev–Trinajstić information content (AvgIpc) is 3.49. The number of rotatable bonds is 7. The summed E-state index contributed by atoms with van der Waals surface area (Å²) >= 11 is 0. The second kappa shape index (κ2) is 11.8. The van der Waals surface area contributed by atoms with Crippen molar-refractivity contribution in [2.24, 2.45) is 5.14 Å². The molecule has 3 saturated heterocycles. The van der Waals surface area contributed by atoms with Gasteiger partial charge in [0, 0.05) is 36.8 Å². The SMILES string of the molecule is Cc1nc2ccccc2n1[C@H]1C[C@H]2CC[C@@H](C1)N2CCC1(c2cccc(F)c2)CCN(C(=O)c2ccc(F)c(S(N)(=O)=O)c2)CC1. The van der Waals surface area contributed by atoms with Gasteiger partial charge in [-0.05, 0) is 112 Å². The first-order valence-electron chi connectivity index (χ1n) is 16.1. The number of amides is 1. The average molecular weight is 648 g/mol. The number of imidazole rings is 1. The third-order valence-corrected chi connectivity index (χ3v) is 11.7. The van der Waals surface area contributed by atoms with Crippen LogP contribution in [0.1, 0.15) is 72.7 Å². The third kappa shape index (κ3) is 5.62. The van der Waals surface area contributed by atoms with Gasteiger partial charge in [0.2, 0.25) is 10.0 Å². The number of halogens is 2. The molecule has 46 heavy (non-hydrogen) atoms. The molecule has 7 rings (SSSR count). The van der Waals surface area contributed by atoms with Crippen molar-refractivity contribution in [2.45, 2.75) is 80.3 Å². The van der Waals surface area contributed by atoms with Crippen molar-refractivity contribution in [1.29, 1.82) is 0 Å². The van der Waals surface area contributed by atoms with Gasteiger partial charge in [0.05, 0.1) is 11.0 Å². The van der Waals surface area contributed by atoms with Gasteiger partial charge in [-0.25, -0.2) is 27.3 Å². The van der Waals surface area contributed by atoms with Crippen molar-refractivity contribution in [3.05, 3.63) is 95.3 Å². The van der Waals surface area contributed by atoms with Crippen LogP contribution in [0.3, 0.4) is 0 Å². The molecule has 242 valence electrons. The van der Waals surface area contributed by atoms with E-state index >= 15 is 0 Å². The van der Waals surface area contributed by atoms with E-state index in [0.29, 0.717) is 44.1 Å². The third-order valence-electron chi connectivity index (χ3n) is 10.8. The number of aromatic nitrogens is 2. The molecule has 1 aromatic heterocycles. The highest BCUT2D eigenvalue weighted by Crippen LogP contribution is 2.45. The number of para-hydroxylation sites is 2. The minimum absolute atomic E-state index is 0.0732. The molecule has 1 amide bonds. The summed E-state index contributed by atoms with van der Waals surface area (Å²) in [6.45, 7) is 3.83. The summed E-state index contributed by atoms with van der Waals surface area (Å²) < 4.78 is 54.8. The van der Waals surface area contributed by atoms with Crippen LogP contribution in [0.15, 0.2) is 71.6 Å². The Labute approximate surface area is 268 Å². The zero-order chi connectivity index (χ0) is 32.2. The molecule has 0 unspecified atom stereocenters. The highest BCUT2D eigenvalue weighted by atomic mass is 32.2. The van der Waals surface area contributed by atoms with E-state index < -0.39 is 20.7 Å². The predicted octanol–water partition coefficient (Wildman–Crippen LogP) is 5.70. The fraction of sp³-hybridized carbons (Fsp3) is 0.429.